The number of allylic oxidation sites excluding steroid dienone is 16. The molecule has 1 fully saturated rings. The van der Waals surface area contributed by atoms with Gasteiger partial charge in [-0.1, -0.05) is 123 Å². The van der Waals surface area contributed by atoms with E-state index in [0.717, 1.165) is 19.3 Å². The predicted octanol–water partition coefficient (Wildman–Crippen LogP) is 9.76. The van der Waals surface area contributed by atoms with Gasteiger partial charge < -0.3 is 14.9 Å². The van der Waals surface area contributed by atoms with E-state index in [1.807, 2.05) is 0 Å². The molecule has 1 saturated carbocycles. The molecular formula is C40H56O3. The zero-order chi connectivity index (χ0) is 32.0. The Hall–Kier alpha value is -2.72. The van der Waals surface area contributed by atoms with Gasteiger partial charge in [0.05, 0.1) is 23.9 Å². The summed E-state index contributed by atoms with van der Waals surface area (Å²) in [4.78, 5) is 0. The molecule has 0 amide bonds. The fourth-order valence-corrected chi connectivity index (χ4v) is 7.02. The summed E-state index contributed by atoms with van der Waals surface area (Å²) in [6.45, 7) is 21.6. The Morgan fingerprint density at radius 1 is 0.721 bits per heavy atom. The Balaban J connectivity index is 1.52. The van der Waals surface area contributed by atoms with Crippen molar-refractivity contribution in [3.05, 3.63) is 118 Å². The fraction of sp³-hybridized carbons (Fsp3) is 0.500. The number of fused-ring (bicyclic) bond motifs is 1. The summed E-state index contributed by atoms with van der Waals surface area (Å²) in [6, 6.07) is 0. The normalized spacial score (nSPS) is 30.8. The van der Waals surface area contributed by atoms with Crippen molar-refractivity contribution in [2.45, 2.75) is 119 Å². The number of ether oxygens (including phenoxy) is 1. The van der Waals surface area contributed by atoms with E-state index < -0.39 is 0 Å². The third kappa shape index (κ3) is 9.63. The van der Waals surface area contributed by atoms with Crippen molar-refractivity contribution < 1.29 is 14.9 Å². The third-order valence-electron chi connectivity index (χ3n) is 9.08. The van der Waals surface area contributed by atoms with Gasteiger partial charge in [0, 0.05) is 6.42 Å². The van der Waals surface area contributed by atoms with Crippen molar-refractivity contribution in [3.8, 4) is 0 Å². The Kier molecular flexibility index (Phi) is 11.6. The van der Waals surface area contributed by atoms with Gasteiger partial charge in [-0.25, -0.2) is 0 Å². The molecule has 0 radical (unpaired) electrons. The average molecular weight is 585 g/mol. The largest absolute Gasteiger partial charge is 0.393 e. The SMILES string of the molecule is CC(C=CC=C(C)C=CC1=C(C)CC(O)CC1(C)C)=CC=CC=C(C)C=CC=C(C)C1C=C2C(C)(C)CC(O)CC2(C)O1. The molecule has 4 unspecified atom stereocenters. The van der Waals surface area contributed by atoms with Crippen molar-refractivity contribution >= 4 is 0 Å². The van der Waals surface area contributed by atoms with Gasteiger partial charge >= 0.3 is 0 Å². The van der Waals surface area contributed by atoms with Crippen molar-refractivity contribution in [1.82, 2.24) is 0 Å². The first kappa shape index (κ1) is 34.8. The van der Waals surface area contributed by atoms with E-state index in [4.69, 9.17) is 4.74 Å². The lowest BCUT2D eigenvalue weighted by atomic mass is 9.65. The second kappa shape index (κ2) is 14.4. The van der Waals surface area contributed by atoms with E-state index in [0.29, 0.717) is 6.42 Å². The van der Waals surface area contributed by atoms with Crippen LogP contribution in [0, 0.1) is 10.8 Å². The summed E-state index contributed by atoms with van der Waals surface area (Å²) in [5.41, 5.74) is 8.25. The summed E-state index contributed by atoms with van der Waals surface area (Å²) in [7, 11) is 0. The minimum absolute atomic E-state index is 0.00171. The fourth-order valence-electron chi connectivity index (χ4n) is 7.02. The minimum atomic E-state index is -0.381. The molecule has 1 aliphatic heterocycles. The summed E-state index contributed by atoms with van der Waals surface area (Å²) in [5.74, 6) is 0. The third-order valence-corrected chi connectivity index (χ3v) is 9.08. The van der Waals surface area contributed by atoms with E-state index in [2.05, 4.69) is 148 Å². The number of rotatable bonds is 9. The van der Waals surface area contributed by atoms with Crippen molar-refractivity contribution in [3.63, 3.8) is 0 Å². The van der Waals surface area contributed by atoms with Gasteiger partial charge in [0.1, 0.15) is 0 Å². The highest BCUT2D eigenvalue weighted by Gasteiger charge is 2.50. The highest BCUT2D eigenvalue weighted by Crippen LogP contribution is 2.52. The first-order chi connectivity index (χ1) is 20.0. The molecule has 4 atom stereocenters. The predicted molar refractivity (Wildman–Crippen MR) is 184 cm³/mol. The summed E-state index contributed by atoms with van der Waals surface area (Å²) >= 11 is 0. The zero-order valence-electron chi connectivity index (χ0n) is 28.4. The Morgan fingerprint density at radius 3 is 1.86 bits per heavy atom. The maximum atomic E-state index is 10.4. The molecule has 1 heterocycles. The standard InChI is InChI=1S/C40H56O3/c1-28(17-13-18-30(3)21-22-35-32(5)23-33(41)25-38(35,6)7)15-11-12-16-29(2)19-14-20-31(4)36-24-37-39(8,9)26-34(42)27-40(37,10)43-36/h11-22,24,33-34,36,41-42H,23,25-27H2,1-10H3. The van der Waals surface area contributed by atoms with Crippen LogP contribution in [0.25, 0.3) is 0 Å². The second-order valence-electron chi connectivity index (χ2n) is 14.5. The molecule has 3 aliphatic rings. The van der Waals surface area contributed by atoms with Crippen LogP contribution in [0.15, 0.2) is 118 Å². The molecule has 0 bridgehead atoms. The first-order valence-corrected chi connectivity index (χ1v) is 15.9. The van der Waals surface area contributed by atoms with Crippen LogP contribution in [0.1, 0.15) is 94.9 Å². The average Bonchev–Trinajstić information content (AvgIpc) is 3.23. The Labute approximate surface area is 262 Å². The van der Waals surface area contributed by atoms with Crippen LogP contribution in [0.4, 0.5) is 0 Å². The number of hydrogen-bond acceptors (Lipinski definition) is 3. The summed E-state index contributed by atoms with van der Waals surface area (Å²) in [6.07, 6.45) is 30.2. The topological polar surface area (TPSA) is 49.7 Å². The van der Waals surface area contributed by atoms with Gasteiger partial charge in [0.25, 0.3) is 0 Å². The smallest absolute Gasteiger partial charge is 0.0982 e. The van der Waals surface area contributed by atoms with Crippen molar-refractivity contribution in [2.24, 2.45) is 10.8 Å². The number of aliphatic hydroxyl groups is 2. The summed E-state index contributed by atoms with van der Waals surface area (Å²) in [5, 5.41) is 20.5. The maximum absolute atomic E-state index is 10.4. The minimum Gasteiger partial charge on any atom is -0.393 e. The van der Waals surface area contributed by atoms with Crippen molar-refractivity contribution in [1.29, 1.82) is 0 Å². The molecule has 3 nitrogen and oxygen atoms in total. The molecule has 43 heavy (non-hydrogen) atoms. The molecule has 234 valence electrons. The van der Waals surface area contributed by atoms with Crippen LogP contribution in [-0.2, 0) is 4.74 Å². The first-order valence-electron chi connectivity index (χ1n) is 15.9. The lowest BCUT2D eigenvalue weighted by Gasteiger charge is -2.44. The highest BCUT2D eigenvalue weighted by molar-refractivity contribution is 5.39. The van der Waals surface area contributed by atoms with Crippen LogP contribution < -0.4 is 0 Å². The van der Waals surface area contributed by atoms with Crippen molar-refractivity contribution in [2.75, 3.05) is 0 Å². The quantitative estimate of drug-likeness (QED) is 0.209. The molecule has 0 aromatic heterocycles. The molecule has 3 heteroatoms. The van der Waals surface area contributed by atoms with E-state index in [1.165, 1.54) is 39.0 Å². The monoisotopic (exact) mass is 584 g/mol. The highest BCUT2D eigenvalue weighted by atomic mass is 16.5. The summed E-state index contributed by atoms with van der Waals surface area (Å²) < 4.78 is 6.46. The van der Waals surface area contributed by atoms with Crippen LogP contribution in [-0.4, -0.2) is 34.1 Å². The van der Waals surface area contributed by atoms with E-state index in [-0.39, 0.29) is 34.7 Å². The molecule has 0 saturated heterocycles. The van der Waals surface area contributed by atoms with Crippen LogP contribution >= 0.6 is 0 Å². The Morgan fingerprint density at radius 2 is 1.26 bits per heavy atom. The van der Waals surface area contributed by atoms with Gasteiger partial charge in [-0.2, -0.15) is 0 Å². The van der Waals surface area contributed by atoms with E-state index >= 15 is 0 Å². The van der Waals surface area contributed by atoms with Gasteiger partial charge in [-0.15, -0.1) is 0 Å². The molecule has 2 N–H and O–H groups in total. The lowest BCUT2D eigenvalue weighted by Crippen LogP contribution is -2.45. The molecule has 0 aromatic carbocycles. The van der Waals surface area contributed by atoms with Gasteiger partial charge in [0.15, 0.2) is 0 Å². The van der Waals surface area contributed by atoms with Gasteiger partial charge in [-0.3, -0.25) is 0 Å². The Bertz CT molecular complexity index is 1330. The van der Waals surface area contributed by atoms with Crippen LogP contribution in [0.5, 0.6) is 0 Å². The molecule has 0 aromatic rings. The number of aliphatic hydroxyl groups excluding tert-OH is 2. The van der Waals surface area contributed by atoms with Gasteiger partial charge in [-0.05, 0) is 94.4 Å². The molecular weight excluding hydrogens is 528 g/mol. The van der Waals surface area contributed by atoms with Crippen LogP contribution in [0.3, 0.4) is 0 Å². The second-order valence-corrected chi connectivity index (χ2v) is 14.5. The maximum Gasteiger partial charge on any atom is 0.0982 e. The molecule has 3 rings (SSSR count). The van der Waals surface area contributed by atoms with Crippen LogP contribution in [0.2, 0.25) is 0 Å². The van der Waals surface area contributed by atoms with Gasteiger partial charge in [0.2, 0.25) is 0 Å². The van der Waals surface area contributed by atoms with E-state index in [9.17, 15) is 10.2 Å². The van der Waals surface area contributed by atoms with E-state index in [1.54, 1.807) is 0 Å². The lowest BCUT2D eigenvalue weighted by molar-refractivity contribution is -0.0683. The zero-order valence-corrected chi connectivity index (χ0v) is 28.4. The molecule has 2 aliphatic carbocycles. The molecule has 0 spiro atoms. The number of hydrogen-bond donors (Lipinski definition) is 2.